The molecule has 0 aromatic heterocycles. The van der Waals surface area contributed by atoms with E-state index in [1.54, 1.807) is 11.8 Å². The molecule has 1 fully saturated rings. The van der Waals surface area contributed by atoms with E-state index in [0.717, 1.165) is 12.8 Å². The smallest absolute Gasteiger partial charge is 0.409 e. The van der Waals surface area contributed by atoms with Crippen LogP contribution in [-0.4, -0.2) is 67.1 Å². The summed E-state index contributed by atoms with van der Waals surface area (Å²) in [5, 5.41) is 13.0. The minimum atomic E-state index is -1.53. The van der Waals surface area contributed by atoms with Crippen molar-refractivity contribution in [1.29, 1.82) is 0 Å². The highest BCUT2D eigenvalue weighted by Crippen LogP contribution is 2.13. The predicted octanol–water partition coefficient (Wildman–Crippen LogP) is 0.121. The average Bonchev–Trinajstić information content (AvgIpc) is 2.45. The molecule has 2 N–H and O–H groups in total. The molecule has 1 aliphatic heterocycles. The van der Waals surface area contributed by atoms with Gasteiger partial charge in [-0.25, -0.2) is 9.59 Å². The van der Waals surface area contributed by atoms with Crippen LogP contribution >= 0.6 is 0 Å². The van der Waals surface area contributed by atoms with Crippen LogP contribution < -0.4 is 5.32 Å². The number of rotatable bonds is 5. The molecular formula is C13H24N2O5. The van der Waals surface area contributed by atoms with Gasteiger partial charge in [-0.2, -0.15) is 0 Å². The van der Waals surface area contributed by atoms with Crippen molar-refractivity contribution in [3.8, 4) is 0 Å². The van der Waals surface area contributed by atoms with Crippen molar-refractivity contribution >= 4 is 12.1 Å². The van der Waals surface area contributed by atoms with E-state index in [-0.39, 0.29) is 18.7 Å². The van der Waals surface area contributed by atoms with Gasteiger partial charge in [0.2, 0.25) is 0 Å². The van der Waals surface area contributed by atoms with Crippen LogP contribution in [0.3, 0.4) is 0 Å². The Hall–Kier alpha value is -1.34. The number of methoxy groups -OCH3 is 1. The van der Waals surface area contributed by atoms with E-state index in [4.69, 9.17) is 4.74 Å². The third-order valence-electron chi connectivity index (χ3n) is 3.38. The molecular weight excluding hydrogens is 264 g/mol. The fourth-order valence-electron chi connectivity index (χ4n) is 2.12. The lowest BCUT2D eigenvalue weighted by atomic mass is 10.0. The summed E-state index contributed by atoms with van der Waals surface area (Å²) in [5.41, 5.74) is -1.53. The van der Waals surface area contributed by atoms with E-state index in [1.807, 2.05) is 0 Å². The Labute approximate surface area is 119 Å². The Morgan fingerprint density at radius 3 is 2.50 bits per heavy atom. The van der Waals surface area contributed by atoms with Gasteiger partial charge in [-0.1, -0.05) is 0 Å². The second kappa shape index (κ2) is 7.44. The SMILES string of the molecule is CCOC(=O)N1CCC(NCC(C)(O)C(=O)OC)CC1. The first-order valence-corrected chi connectivity index (χ1v) is 6.86. The lowest BCUT2D eigenvalue weighted by Gasteiger charge is -2.33. The topological polar surface area (TPSA) is 88.1 Å². The zero-order chi connectivity index (χ0) is 15.2. The molecule has 1 amide bonds. The third-order valence-corrected chi connectivity index (χ3v) is 3.38. The molecule has 1 saturated heterocycles. The summed E-state index contributed by atoms with van der Waals surface area (Å²) in [4.78, 5) is 24.5. The average molecular weight is 288 g/mol. The van der Waals surface area contributed by atoms with Crippen molar-refractivity contribution in [2.75, 3.05) is 33.4 Å². The quantitative estimate of drug-likeness (QED) is 0.699. The number of nitrogens with zero attached hydrogens (tertiary/aromatic N) is 1. The van der Waals surface area contributed by atoms with Crippen LogP contribution in [-0.2, 0) is 14.3 Å². The molecule has 0 saturated carbocycles. The summed E-state index contributed by atoms with van der Waals surface area (Å²) in [6, 6.07) is 0.164. The van der Waals surface area contributed by atoms with Gasteiger partial charge in [0.25, 0.3) is 0 Å². The molecule has 20 heavy (non-hydrogen) atoms. The maximum absolute atomic E-state index is 11.5. The van der Waals surface area contributed by atoms with Gasteiger partial charge in [0, 0.05) is 25.7 Å². The lowest BCUT2D eigenvalue weighted by molar-refractivity contribution is -0.160. The maximum atomic E-state index is 11.5. The van der Waals surface area contributed by atoms with Crippen molar-refractivity contribution in [1.82, 2.24) is 10.2 Å². The van der Waals surface area contributed by atoms with Crippen molar-refractivity contribution in [2.45, 2.75) is 38.3 Å². The molecule has 0 aromatic carbocycles. The van der Waals surface area contributed by atoms with Gasteiger partial charge in [-0.3, -0.25) is 0 Å². The van der Waals surface area contributed by atoms with Gasteiger partial charge in [-0.05, 0) is 26.7 Å². The van der Waals surface area contributed by atoms with Crippen molar-refractivity contribution in [2.24, 2.45) is 0 Å². The lowest BCUT2D eigenvalue weighted by Crippen LogP contribution is -2.51. The molecule has 0 spiro atoms. The van der Waals surface area contributed by atoms with Crippen LogP contribution in [0, 0.1) is 0 Å². The number of carbonyl (C=O) groups excluding carboxylic acids is 2. The highest BCUT2D eigenvalue weighted by molar-refractivity contribution is 5.78. The van der Waals surface area contributed by atoms with Crippen LogP contribution in [0.15, 0.2) is 0 Å². The Morgan fingerprint density at radius 2 is 2.00 bits per heavy atom. The molecule has 0 aromatic rings. The number of carbonyl (C=O) groups is 2. The molecule has 1 heterocycles. The van der Waals surface area contributed by atoms with E-state index in [9.17, 15) is 14.7 Å². The number of hydrogen-bond donors (Lipinski definition) is 2. The van der Waals surface area contributed by atoms with Crippen molar-refractivity contribution in [3.05, 3.63) is 0 Å². The molecule has 1 atom stereocenters. The molecule has 1 aliphatic rings. The number of likely N-dealkylation sites (tertiary alicyclic amines) is 1. The minimum Gasteiger partial charge on any atom is -0.467 e. The first kappa shape index (κ1) is 16.7. The Kier molecular flexibility index (Phi) is 6.22. The molecule has 0 aliphatic carbocycles. The molecule has 1 unspecified atom stereocenters. The molecule has 116 valence electrons. The van der Waals surface area contributed by atoms with E-state index in [1.165, 1.54) is 14.0 Å². The van der Waals surface area contributed by atoms with E-state index >= 15 is 0 Å². The number of nitrogens with one attached hydrogen (secondary N) is 1. The molecule has 7 nitrogen and oxygen atoms in total. The van der Waals surface area contributed by atoms with Gasteiger partial charge in [0.1, 0.15) is 0 Å². The Morgan fingerprint density at radius 1 is 1.40 bits per heavy atom. The number of aliphatic hydroxyl groups is 1. The van der Waals surface area contributed by atoms with E-state index < -0.39 is 11.6 Å². The summed E-state index contributed by atoms with van der Waals surface area (Å²) in [6.45, 7) is 4.91. The summed E-state index contributed by atoms with van der Waals surface area (Å²) < 4.78 is 9.47. The number of ether oxygens (including phenoxy) is 2. The third kappa shape index (κ3) is 4.64. The van der Waals surface area contributed by atoms with Crippen LogP contribution in [0.4, 0.5) is 4.79 Å². The van der Waals surface area contributed by atoms with E-state index in [2.05, 4.69) is 10.1 Å². The second-order valence-electron chi connectivity index (χ2n) is 5.11. The molecule has 1 rings (SSSR count). The summed E-state index contributed by atoms with van der Waals surface area (Å²) >= 11 is 0. The zero-order valence-electron chi connectivity index (χ0n) is 12.3. The second-order valence-corrected chi connectivity index (χ2v) is 5.11. The van der Waals surface area contributed by atoms with Crippen molar-refractivity contribution in [3.63, 3.8) is 0 Å². The molecule has 0 radical (unpaired) electrons. The maximum Gasteiger partial charge on any atom is 0.409 e. The highest BCUT2D eigenvalue weighted by Gasteiger charge is 2.32. The fraction of sp³-hybridized carbons (Fsp3) is 0.846. The monoisotopic (exact) mass is 288 g/mol. The minimum absolute atomic E-state index is 0.129. The number of hydrogen-bond acceptors (Lipinski definition) is 6. The Bertz CT molecular complexity index is 338. The first-order chi connectivity index (χ1) is 9.40. The van der Waals surface area contributed by atoms with Gasteiger partial charge >= 0.3 is 12.1 Å². The Balaban J connectivity index is 2.32. The van der Waals surface area contributed by atoms with E-state index in [0.29, 0.717) is 19.7 Å². The fourth-order valence-corrected chi connectivity index (χ4v) is 2.12. The van der Waals surface area contributed by atoms with Crippen LogP contribution in [0.25, 0.3) is 0 Å². The van der Waals surface area contributed by atoms with Gasteiger partial charge < -0.3 is 24.8 Å². The van der Waals surface area contributed by atoms with Crippen LogP contribution in [0.2, 0.25) is 0 Å². The highest BCUT2D eigenvalue weighted by atomic mass is 16.6. The largest absolute Gasteiger partial charge is 0.467 e. The summed E-state index contributed by atoms with van der Waals surface area (Å²) in [5.74, 6) is -0.658. The van der Waals surface area contributed by atoms with Crippen LogP contribution in [0.5, 0.6) is 0 Å². The van der Waals surface area contributed by atoms with Gasteiger partial charge in [-0.15, -0.1) is 0 Å². The standard InChI is InChI=1S/C13H24N2O5/c1-4-20-12(17)15-7-5-10(6-8-15)14-9-13(2,18)11(16)19-3/h10,14,18H,4-9H2,1-3H3. The van der Waals surface area contributed by atoms with Gasteiger partial charge in [0.15, 0.2) is 5.60 Å². The van der Waals surface area contributed by atoms with Gasteiger partial charge in [0.05, 0.1) is 13.7 Å². The summed E-state index contributed by atoms with van der Waals surface area (Å²) in [6.07, 6.45) is 1.24. The van der Waals surface area contributed by atoms with Crippen molar-refractivity contribution < 1.29 is 24.2 Å². The predicted molar refractivity (Wildman–Crippen MR) is 72.3 cm³/mol. The zero-order valence-corrected chi connectivity index (χ0v) is 12.3. The van der Waals surface area contributed by atoms with Crippen LogP contribution in [0.1, 0.15) is 26.7 Å². The molecule has 0 bridgehead atoms. The number of piperidine rings is 1. The first-order valence-electron chi connectivity index (χ1n) is 6.86. The number of esters is 1. The summed E-state index contributed by atoms with van der Waals surface area (Å²) in [7, 11) is 1.24. The normalized spacial score (nSPS) is 19.3. The number of amides is 1. The molecule has 7 heteroatoms.